The molecule has 12 nitrogen and oxygen atoms in total. The summed E-state index contributed by atoms with van der Waals surface area (Å²) in [7, 11) is 1.67. The van der Waals surface area contributed by atoms with E-state index in [0.29, 0.717) is 29.5 Å². The van der Waals surface area contributed by atoms with Crippen molar-refractivity contribution in [2.45, 2.75) is 6.92 Å². The largest absolute Gasteiger partial charge is 0.496 e. The first kappa shape index (κ1) is 72.0. The first-order chi connectivity index (χ1) is 55.8. The first-order valence-corrected chi connectivity index (χ1v) is 37.1. The zero-order valence-corrected chi connectivity index (χ0v) is 61.9. The highest BCUT2D eigenvalue weighted by atomic mass is 16.5. The van der Waals surface area contributed by atoms with Gasteiger partial charge in [-0.25, -0.2) is 24.9 Å². The number of anilines is 3. The molecular formula is C101H74N6O6. The molecule has 0 N–H and O–H groups in total. The van der Waals surface area contributed by atoms with Gasteiger partial charge in [0.05, 0.1) is 7.11 Å². The van der Waals surface area contributed by atoms with E-state index in [0.717, 1.165) is 140 Å². The molecule has 19 aromatic rings. The number of nitrogens with zero attached hydrogens (tertiary/aromatic N) is 6. The fourth-order valence-corrected chi connectivity index (χ4v) is 12.9. The molecule has 19 rings (SSSR count). The van der Waals surface area contributed by atoms with Gasteiger partial charge in [0.1, 0.15) is 33.3 Å². The molecule has 0 amide bonds. The predicted octanol–water partition coefficient (Wildman–Crippen LogP) is 27.1. The van der Waals surface area contributed by atoms with Crippen LogP contribution in [0.25, 0.3) is 150 Å². The minimum atomic E-state index is 0.537. The Labute approximate surface area is 653 Å². The van der Waals surface area contributed by atoms with Gasteiger partial charge < -0.3 is 31.7 Å². The van der Waals surface area contributed by atoms with Gasteiger partial charge in [0, 0.05) is 53.0 Å². The number of aromatic nitrogens is 5. The van der Waals surface area contributed by atoms with E-state index in [1.807, 2.05) is 261 Å². The molecule has 0 bridgehead atoms. The lowest BCUT2D eigenvalue weighted by atomic mass is 10.0. The summed E-state index contributed by atoms with van der Waals surface area (Å²) in [6.07, 6.45) is 19.4. The van der Waals surface area contributed by atoms with Gasteiger partial charge in [-0.05, 0) is 208 Å². The summed E-state index contributed by atoms with van der Waals surface area (Å²) in [5.41, 5.74) is 24.8. The molecule has 0 saturated heterocycles. The zero-order valence-electron chi connectivity index (χ0n) is 61.9. The van der Waals surface area contributed by atoms with Gasteiger partial charge in [-0.2, -0.15) is 0 Å². The van der Waals surface area contributed by atoms with Crippen LogP contribution in [0.1, 0.15) is 62.8 Å². The topological polar surface area (TPSA) is 143 Å². The van der Waals surface area contributed by atoms with Crippen LogP contribution in [0.4, 0.5) is 17.1 Å². The SMILES string of the molecule is C(=Cc1nc2cc(-c3ccccc3)ccc2o1)c1ccccc1.C(=Cc1nc2ccccc2o1)c1ccc(N(c2ccccc2)c2ccccc2)cc1.C(=Cc1nc2ccccc2o1)c1ccccc1.COc1cc(/C=C/c2nc3cc(-c4ccccc4)ccc3o2)c(C)cc1/C=C/c1nc2cc(-c3ccccc3)ccc2o1. The number of rotatable bonds is 17. The van der Waals surface area contributed by atoms with Crippen LogP contribution in [0.5, 0.6) is 5.75 Å². The quantitative estimate of drug-likeness (QED) is 0.0856. The predicted molar refractivity (Wildman–Crippen MR) is 463 cm³/mol. The van der Waals surface area contributed by atoms with Crippen molar-refractivity contribution < 1.29 is 26.8 Å². The second-order valence-corrected chi connectivity index (χ2v) is 26.4. The molecule has 0 spiro atoms. The van der Waals surface area contributed by atoms with Crippen LogP contribution >= 0.6 is 0 Å². The maximum atomic E-state index is 5.99. The van der Waals surface area contributed by atoms with E-state index in [1.165, 1.54) is 5.56 Å². The maximum absolute atomic E-state index is 5.99. The number of aryl methyl sites for hydroxylation is 1. The first-order valence-electron chi connectivity index (χ1n) is 37.1. The smallest absolute Gasteiger partial charge is 0.220 e. The second-order valence-electron chi connectivity index (χ2n) is 26.4. The van der Waals surface area contributed by atoms with Gasteiger partial charge in [-0.1, -0.05) is 243 Å². The number of fused-ring (bicyclic) bond motifs is 5. The third-order valence-electron chi connectivity index (χ3n) is 18.6. The van der Waals surface area contributed by atoms with Gasteiger partial charge in [0.25, 0.3) is 0 Å². The summed E-state index contributed by atoms with van der Waals surface area (Å²) < 4.78 is 34.8. The molecule has 0 aliphatic rings. The van der Waals surface area contributed by atoms with E-state index in [1.54, 1.807) is 7.11 Å². The van der Waals surface area contributed by atoms with Crippen LogP contribution < -0.4 is 9.64 Å². The molecule has 0 fully saturated rings. The fourth-order valence-electron chi connectivity index (χ4n) is 12.9. The van der Waals surface area contributed by atoms with Gasteiger partial charge in [0.15, 0.2) is 27.9 Å². The van der Waals surface area contributed by atoms with Gasteiger partial charge >= 0.3 is 0 Å². The van der Waals surface area contributed by atoms with Crippen LogP contribution in [0.15, 0.2) is 374 Å². The summed E-state index contributed by atoms with van der Waals surface area (Å²) in [6, 6.07) is 118. The van der Waals surface area contributed by atoms with Crippen LogP contribution in [-0.4, -0.2) is 32.0 Å². The molecule has 544 valence electrons. The number of benzene rings is 14. The molecule has 14 aromatic carbocycles. The molecular weight excluding hydrogens is 1390 g/mol. The molecule has 0 atom stereocenters. The monoisotopic (exact) mass is 1470 g/mol. The highest BCUT2D eigenvalue weighted by Gasteiger charge is 2.15. The van der Waals surface area contributed by atoms with Crippen molar-refractivity contribution in [2.24, 2.45) is 0 Å². The second kappa shape index (κ2) is 34.7. The number of para-hydroxylation sites is 6. The number of hydrogen-bond donors (Lipinski definition) is 0. The summed E-state index contributed by atoms with van der Waals surface area (Å²) in [4.78, 5) is 25.1. The van der Waals surface area contributed by atoms with E-state index in [4.69, 9.17) is 36.8 Å². The fraction of sp³-hybridized carbons (Fsp3) is 0.0198. The Kier molecular flexibility index (Phi) is 22.1. The molecule has 0 saturated carbocycles. The average molecular weight is 1470 g/mol. The Morgan fingerprint density at radius 1 is 0.239 bits per heavy atom. The average Bonchev–Trinajstić information content (AvgIpc) is 1.76. The van der Waals surface area contributed by atoms with Crippen molar-refractivity contribution in [1.29, 1.82) is 0 Å². The van der Waals surface area contributed by atoms with Crippen LogP contribution in [0, 0.1) is 6.92 Å². The van der Waals surface area contributed by atoms with Crippen molar-refractivity contribution in [1.82, 2.24) is 24.9 Å². The summed E-state index contributed by atoms with van der Waals surface area (Å²) in [6.45, 7) is 2.07. The lowest BCUT2D eigenvalue weighted by molar-refractivity contribution is 0.413. The van der Waals surface area contributed by atoms with Crippen molar-refractivity contribution >= 4 is 133 Å². The molecule has 5 aromatic heterocycles. The molecule has 12 heteroatoms. The Bertz CT molecular complexity index is 6420. The van der Waals surface area contributed by atoms with E-state index >= 15 is 0 Å². The standard InChI is InChI=1S/C38H28N2O3.C27H20N2O.C21H15NO.C15H11NO/c1-25-21-31(16-20-38-40-33-23-30(14-18-35(33)43-38)27-11-7-4-8-12-27)36(41-2)24-28(25)15-19-37-39-32-22-29(13-17-34(32)42-37)26-9-5-3-6-10-26;1-3-9-22(10-4-1)29(23-11-5-2-6-12-23)24-18-15-21(16-19-24)17-20-27-28-25-13-7-8-14-26(25)30-27;1-3-7-16(8-4-1)11-14-21-22-19-15-18(12-13-20(19)23-21)17-9-5-2-6-10-17;1-2-6-12(7-3-1)10-11-15-16-13-8-4-5-9-14(13)17-15/h3-24H,1-2H3;1-20H;1-15H;1-11H/b19-15+,20-16+;;;. The number of ether oxygens (including phenoxy) is 1. The molecule has 0 unspecified atom stereocenters. The highest BCUT2D eigenvalue weighted by Crippen LogP contribution is 2.36. The van der Waals surface area contributed by atoms with Crippen molar-refractivity contribution in [3.63, 3.8) is 0 Å². The third-order valence-corrected chi connectivity index (χ3v) is 18.6. The third kappa shape index (κ3) is 18.1. The molecule has 5 heterocycles. The maximum Gasteiger partial charge on any atom is 0.220 e. The van der Waals surface area contributed by atoms with Crippen molar-refractivity contribution in [2.75, 3.05) is 12.0 Å². The molecule has 0 radical (unpaired) electrons. The van der Waals surface area contributed by atoms with E-state index in [2.05, 4.69) is 178 Å². The van der Waals surface area contributed by atoms with E-state index < -0.39 is 0 Å². The number of hydrogen-bond acceptors (Lipinski definition) is 12. The van der Waals surface area contributed by atoms with Crippen LogP contribution in [0.3, 0.4) is 0 Å². The van der Waals surface area contributed by atoms with Crippen LogP contribution in [0.2, 0.25) is 0 Å². The Morgan fingerprint density at radius 3 is 0.894 bits per heavy atom. The lowest BCUT2D eigenvalue weighted by Gasteiger charge is -2.25. The zero-order chi connectivity index (χ0) is 76.3. The van der Waals surface area contributed by atoms with Gasteiger partial charge in [0.2, 0.25) is 29.5 Å². The Morgan fingerprint density at radius 2 is 0.531 bits per heavy atom. The minimum absolute atomic E-state index is 0.537. The number of methoxy groups -OCH3 is 1. The van der Waals surface area contributed by atoms with E-state index in [9.17, 15) is 0 Å². The Balaban J connectivity index is 0.000000120. The number of oxazole rings is 5. The molecule has 0 aliphatic heterocycles. The van der Waals surface area contributed by atoms with Crippen LogP contribution in [-0.2, 0) is 0 Å². The minimum Gasteiger partial charge on any atom is -0.496 e. The normalized spacial score (nSPS) is 11.5. The van der Waals surface area contributed by atoms with Gasteiger partial charge in [-0.3, -0.25) is 0 Å². The van der Waals surface area contributed by atoms with Gasteiger partial charge in [-0.15, -0.1) is 0 Å². The summed E-state index contributed by atoms with van der Waals surface area (Å²) in [5, 5.41) is 0. The van der Waals surface area contributed by atoms with E-state index in [-0.39, 0.29) is 0 Å². The molecule has 0 aliphatic carbocycles. The highest BCUT2D eigenvalue weighted by molar-refractivity contribution is 5.87. The summed E-state index contributed by atoms with van der Waals surface area (Å²) >= 11 is 0. The Hall–Kier alpha value is -15.3. The van der Waals surface area contributed by atoms with Crippen molar-refractivity contribution in [3.8, 4) is 39.1 Å². The van der Waals surface area contributed by atoms with Crippen molar-refractivity contribution in [3.05, 3.63) is 415 Å². The lowest BCUT2D eigenvalue weighted by Crippen LogP contribution is -2.09. The summed E-state index contributed by atoms with van der Waals surface area (Å²) in [5.74, 6) is 3.69. The molecule has 113 heavy (non-hydrogen) atoms.